The zero-order valence-corrected chi connectivity index (χ0v) is 18.5. The van der Waals surface area contributed by atoms with E-state index in [2.05, 4.69) is 84.4 Å². The first-order valence-electron chi connectivity index (χ1n) is 10.7. The Labute approximate surface area is 179 Å². The molecule has 30 heavy (non-hydrogen) atoms. The van der Waals surface area contributed by atoms with Crippen molar-refractivity contribution >= 4 is 16.8 Å². The van der Waals surface area contributed by atoms with Crippen molar-refractivity contribution in [1.29, 1.82) is 0 Å². The van der Waals surface area contributed by atoms with Crippen molar-refractivity contribution in [2.75, 3.05) is 33.7 Å². The van der Waals surface area contributed by atoms with Crippen LogP contribution in [0.1, 0.15) is 23.1 Å². The maximum atomic E-state index is 12.7. The molecular formula is C25H32N4O. The van der Waals surface area contributed by atoms with Crippen molar-refractivity contribution < 1.29 is 4.79 Å². The van der Waals surface area contributed by atoms with Gasteiger partial charge in [-0.3, -0.25) is 4.79 Å². The monoisotopic (exact) mass is 404 g/mol. The highest BCUT2D eigenvalue weighted by Gasteiger charge is 2.24. The lowest BCUT2D eigenvalue weighted by molar-refractivity contribution is -0.122. The van der Waals surface area contributed by atoms with E-state index in [1.807, 2.05) is 6.07 Å². The summed E-state index contributed by atoms with van der Waals surface area (Å²) in [7, 11) is 4.24. The van der Waals surface area contributed by atoms with Gasteiger partial charge in [0.2, 0.25) is 5.91 Å². The maximum absolute atomic E-state index is 12.7. The molecule has 1 aromatic heterocycles. The molecule has 1 saturated heterocycles. The van der Waals surface area contributed by atoms with E-state index in [-0.39, 0.29) is 11.9 Å². The van der Waals surface area contributed by atoms with E-state index >= 15 is 0 Å². The van der Waals surface area contributed by atoms with E-state index in [4.69, 9.17) is 0 Å². The normalized spacial score (nSPS) is 18.1. The van der Waals surface area contributed by atoms with E-state index in [1.54, 1.807) is 0 Å². The Bertz CT molecular complexity index is 1040. The van der Waals surface area contributed by atoms with Gasteiger partial charge in [0.1, 0.15) is 0 Å². The average Bonchev–Trinajstić information content (AvgIpc) is 3.06. The lowest BCUT2D eigenvalue weighted by atomic mass is 10.0. The molecule has 0 saturated carbocycles. The maximum Gasteiger partial charge on any atom is 0.221 e. The van der Waals surface area contributed by atoms with Gasteiger partial charge in [-0.1, -0.05) is 42.0 Å². The van der Waals surface area contributed by atoms with Gasteiger partial charge in [0, 0.05) is 49.7 Å². The fourth-order valence-electron chi connectivity index (χ4n) is 4.49. The fourth-order valence-corrected chi connectivity index (χ4v) is 4.49. The number of hydrogen-bond acceptors (Lipinski definition) is 3. The van der Waals surface area contributed by atoms with Gasteiger partial charge >= 0.3 is 0 Å². The molecule has 158 valence electrons. The van der Waals surface area contributed by atoms with Gasteiger partial charge in [-0.05, 0) is 50.7 Å². The zero-order valence-electron chi connectivity index (χ0n) is 18.5. The van der Waals surface area contributed by atoms with Crippen molar-refractivity contribution in [2.24, 2.45) is 0 Å². The van der Waals surface area contributed by atoms with Crippen molar-refractivity contribution in [3.63, 3.8) is 0 Å². The van der Waals surface area contributed by atoms with Gasteiger partial charge in [0.15, 0.2) is 0 Å². The summed E-state index contributed by atoms with van der Waals surface area (Å²) in [5.41, 5.74) is 7.05. The van der Waals surface area contributed by atoms with Gasteiger partial charge in [0.25, 0.3) is 0 Å². The van der Waals surface area contributed by atoms with Crippen molar-refractivity contribution in [2.45, 2.75) is 32.9 Å². The molecule has 5 nitrogen and oxygen atoms in total. The van der Waals surface area contributed by atoms with Crippen LogP contribution in [0.25, 0.3) is 22.2 Å². The standard InChI is InChI=1S/C25H32N4O/c1-17-12-20(15-26-23(30)14-21-16-28(3)10-11-29(21)4)25-22(13-17)18(2)24(27-25)19-8-6-5-7-9-19/h5-9,12-13,21,27H,10-11,14-16H2,1-4H3,(H,26,30). The van der Waals surface area contributed by atoms with Gasteiger partial charge in [-0.2, -0.15) is 0 Å². The van der Waals surface area contributed by atoms with Crippen molar-refractivity contribution in [3.8, 4) is 11.3 Å². The molecule has 0 spiro atoms. The minimum absolute atomic E-state index is 0.114. The van der Waals surface area contributed by atoms with Crippen LogP contribution in [0.3, 0.4) is 0 Å². The van der Waals surface area contributed by atoms with Gasteiger partial charge in [0.05, 0.1) is 5.52 Å². The molecule has 2 heterocycles. The molecule has 4 rings (SSSR count). The number of aromatic nitrogens is 1. The summed E-state index contributed by atoms with van der Waals surface area (Å²) in [5, 5.41) is 4.39. The molecule has 0 bridgehead atoms. The van der Waals surface area contributed by atoms with E-state index in [1.165, 1.54) is 22.1 Å². The Hall–Kier alpha value is -2.63. The first-order chi connectivity index (χ1) is 14.4. The number of hydrogen-bond donors (Lipinski definition) is 2. The highest BCUT2D eigenvalue weighted by molar-refractivity contribution is 5.93. The smallest absolute Gasteiger partial charge is 0.221 e. The number of H-pyrrole nitrogens is 1. The number of fused-ring (bicyclic) bond motifs is 1. The van der Waals surface area contributed by atoms with E-state index < -0.39 is 0 Å². The first kappa shape index (κ1) is 20.6. The van der Waals surface area contributed by atoms with Gasteiger partial charge in [-0.15, -0.1) is 0 Å². The molecule has 1 atom stereocenters. The lowest BCUT2D eigenvalue weighted by Gasteiger charge is -2.37. The second-order valence-corrected chi connectivity index (χ2v) is 8.72. The second-order valence-electron chi connectivity index (χ2n) is 8.72. The molecule has 2 aromatic carbocycles. The summed E-state index contributed by atoms with van der Waals surface area (Å²) < 4.78 is 0. The number of carbonyl (C=O) groups is 1. The molecule has 1 unspecified atom stereocenters. The second kappa shape index (κ2) is 8.62. The minimum Gasteiger partial charge on any atom is -0.354 e. The van der Waals surface area contributed by atoms with E-state index in [9.17, 15) is 4.79 Å². The summed E-state index contributed by atoms with van der Waals surface area (Å²) in [6.45, 7) is 7.83. The van der Waals surface area contributed by atoms with E-state index in [0.717, 1.165) is 36.4 Å². The number of likely N-dealkylation sites (N-methyl/N-ethyl adjacent to an activating group) is 2. The summed E-state index contributed by atoms with van der Waals surface area (Å²) in [4.78, 5) is 20.9. The SMILES string of the molecule is Cc1cc(CNC(=O)CC2CN(C)CCN2C)c2[nH]c(-c3ccccc3)c(C)c2c1. The molecule has 1 amide bonds. The van der Waals surface area contributed by atoms with Crippen LogP contribution in [0.4, 0.5) is 0 Å². The highest BCUT2D eigenvalue weighted by atomic mass is 16.1. The van der Waals surface area contributed by atoms with Crippen molar-refractivity contribution in [1.82, 2.24) is 20.1 Å². The third-order valence-corrected chi connectivity index (χ3v) is 6.33. The molecule has 3 aromatic rings. The van der Waals surface area contributed by atoms with Crippen LogP contribution in [0.2, 0.25) is 0 Å². The van der Waals surface area contributed by atoms with Crippen LogP contribution in [0.15, 0.2) is 42.5 Å². The number of benzene rings is 2. The first-order valence-corrected chi connectivity index (χ1v) is 10.7. The van der Waals surface area contributed by atoms with Gasteiger partial charge < -0.3 is 20.1 Å². The molecule has 1 fully saturated rings. The number of carbonyl (C=O) groups excluding carboxylic acids is 1. The average molecular weight is 405 g/mol. The lowest BCUT2D eigenvalue weighted by Crippen LogP contribution is -2.51. The number of nitrogens with one attached hydrogen (secondary N) is 2. The molecule has 2 N–H and O–H groups in total. The number of aryl methyl sites for hydroxylation is 2. The Morgan fingerprint density at radius 3 is 2.67 bits per heavy atom. The number of aromatic amines is 1. The fraction of sp³-hybridized carbons (Fsp3) is 0.400. The molecule has 5 heteroatoms. The Morgan fingerprint density at radius 1 is 1.13 bits per heavy atom. The summed E-state index contributed by atoms with van der Waals surface area (Å²) in [5.74, 6) is 0.114. The highest BCUT2D eigenvalue weighted by Crippen LogP contribution is 2.32. The Kier molecular flexibility index (Phi) is 5.93. The summed E-state index contributed by atoms with van der Waals surface area (Å²) in [6.07, 6.45) is 0.537. The molecular weight excluding hydrogens is 372 g/mol. The number of amides is 1. The van der Waals surface area contributed by atoms with Crippen LogP contribution in [-0.4, -0.2) is 60.5 Å². The molecule has 1 aliphatic heterocycles. The van der Waals surface area contributed by atoms with Crippen LogP contribution in [0.5, 0.6) is 0 Å². The predicted octanol–water partition coefficient (Wildman–Crippen LogP) is 3.70. The Balaban J connectivity index is 1.53. The summed E-state index contributed by atoms with van der Waals surface area (Å²) >= 11 is 0. The van der Waals surface area contributed by atoms with Crippen LogP contribution < -0.4 is 5.32 Å². The van der Waals surface area contributed by atoms with Gasteiger partial charge in [-0.25, -0.2) is 0 Å². The minimum atomic E-state index is 0.114. The van der Waals surface area contributed by atoms with Crippen LogP contribution in [0, 0.1) is 13.8 Å². The third kappa shape index (κ3) is 4.27. The Morgan fingerprint density at radius 2 is 1.90 bits per heavy atom. The van der Waals surface area contributed by atoms with Crippen LogP contribution >= 0.6 is 0 Å². The predicted molar refractivity (Wildman–Crippen MR) is 124 cm³/mol. The molecule has 0 aliphatic carbocycles. The number of rotatable bonds is 5. The molecule has 1 aliphatic rings. The topological polar surface area (TPSA) is 51.4 Å². The molecule has 0 radical (unpaired) electrons. The van der Waals surface area contributed by atoms with Crippen LogP contribution in [-0.2, 0) is 11.3 Å². The number of piperazine rings is 1. The zero-order chi connectivity index (χ0) is 21.3. The summed E-state index contributed by atoms with van der Waals surface area (Å²) in [6, 6.07) is 15.1. The third-order valence-electron chi connectivity index (χ3n) is 6.33. The van der Waals surface area contributed by atoms with E-state index in [0.29, 0.717) is 13.0 Å². The van der Waals surface area contributed by atoms with Crippen molar-refractivity contribution in [3.05, 3.63) is 59.2 Å². The largest absolute Gasteiger partial charge is 0.354 e. The quantitative estimate of drug-likeness (QED) is 0.682. The number of nitrogens with zero attached hydrogens (tertiary/aromatic N) is 2.